The number of nitrogens with zero attached hydrogens (tertiary/aromatic N) is 5. The number of para-hydroxylation sites is 1. The Hall–Kier alpha value is -4.46. The highest BCUT2D eigenvalue weighted by Gasteiger charge is 2.20. The van der Waals surface area contributed by atoms with E-state index in [0.29, 0.717) is 35.0 Å². The van der Waals surface area contributed by atoms with Crippen molar-refractivity contribution < 1.29 is 14.7 Å². The van der Waals surface area contributed by atoms with Crippen LogP contribution in [0.4, 0.5) is 0 Å². The molecular formula is C26H23N5O3. The number of phenolic OH excluding ortho intramolecular Hbond substituents is 1. The number of allylic oxidation sites excluding steroid dienone is 1. The van der Waals surface area contributed by atoms with Crippen LogP contribution in [0.3, 0.4) is 0 Å². The molecule has 2 aromatic carbocycles. The molecule has 0 unspecified atom stereocenters. The molecule has 3 heterocycles. The van der Waals surface area contributed by atoms with Gasteiger partial charge < -0.3 is 14.7 Å². The summed E-state index contributed by atoms with van der Waals surface area (Å²) in [6, 6.07) is 17.0. The number of oxime groups is 1. The molecule has 1 aliphatic rings. The van der Waals surface area contributed by atoms with Crippen molar-refractivity contribution in [1.29, 1.82) is 0 Å². The third-order valence-corrected chi connectivity index (χ3v) is 5.49. The topological polar surface area (TPSA) is 94.1 Å². The van der Waals surface area contributed by atoms with Crippen molar-refractivity contribution in [2.24, 2.45) is 17.2 Å². The van der Waals surface area contributed by atoms with Crippen molar-refractivity contribution in [3.8, 4) is 11.6 Å². The van der Waals surface area contributed by atoms with Gasteiger partial charge in [-0.2, -0.15) is 10.1 Å². The van der Waals surface area contributed by atoms with E-state index in [4.69, 9.17) is 19.6 Å². The van der Waals surface area contributed by atoms with E-state index in [9.17, 15) is 5.11 Å². The van der Waals surface area contributed by atoms with Crippen molar-refractivity contribution >= 4 is 22.6 Å². The predicted octanol–water partition coefficient (Wildman–Crippen LogP) is 4.56. The van der Waals surface area contributed by atoms with Gasteiger partial charge in [-0.05, 0) is 37.6 Å². The van der Waals surface area contributed by atoms with Gasteiger partial charge in [-0.15, -0.1) is 0 Å². The number of aromatic nitrogens is 3. The van der Waals surface area contributed by atoms with Crippen LogP contribution >= 0.6 is 0 Å². The minimum atomic E-state index is 0.111. The van der Waals surface area contributed by atoms with Gasteiger partial charge in [-0.1, -0.05) is 47.1 Å². The maximum Gasteiger partial charge on any atom is 0.227 e. The third-order valence-electron chi connectivity index (χ3n) is 5.49. The van der Waals surface area contributed by atoms with Crippen molar-refractivity contribution in [2.75, 3.05) is 0 Å². The third kappa shape index (κ3) is 4.13. The summed E-state index contributed by atoms with van der Waals surface area (Å²) in [6.45, 7) is 4.29. The second kappa shape index (κ2) is 8.82. The molecule has 0 saturated carbocycles. The highest BCUT2D eigenvalue weighted by atomic mass is 16.6. The molecule has 0 atom stereocenters. The number of aliphatic imine (C=N–C) groups is 1. The molecule has 0 radical (unpaired) electrons. The smallest absolute Gasteiger partial charge is 0.227 e. The average molecular weight is 454 g/mol. The van der Waals surface area contributed by atoms with Gasteiger partial charge in [0, 0.05) is 24.1 Å². The number of pyridine rings is 1. The molecule has 0 saturated heterocycles. The maximum absolute atomic E-state index is 10.3. The van der Waals surface area contributed by atoms with Crippen LogP contribution in [-0.2, 0) is 18.5 Å². The van der Waals surface area contributed by atoms with Crippen LogP contribution in [-0.4, -0.2) is 31.4 Å². The Kier molecular flexibility index (Phi) is 5.55. The Morgan fingerprint density at radius 3 is 2.71 bits per heavy atom. The fourth-order valence-corrected chi connectivity index (χ4v) is 3.85. The number of amidine groups is 1. The van der Waals surface area contributed by atoms with E-state index in [1.54, 1.807) is 29.0 Å². The zero-order valence-electron chi connectivity index (χ0n) is 19.1. The lowest BCUT2D eigenvalue weighted by Crippen LogP contribution is -2.09. The molecule has 8 heteroatoms. The highest BCUT2D eigenvalue weighted by molar-refractivity contribution is 6.19. The van der Waals surface area contributed by atoms with Crippen LogP contribution in [0, 0.1) is 13.8 Å². The second-order valence-electron chi connectivity index (χ2n) is 8.04. The summed E-state index contributed by atoms with van der Waals surface area (Å²) >= 11 is 0. The Morgan fingerprint density at radius 2 is 1.88 bits per heavy atom. The van der Waals surface area contributed by atoms with Crippen molar-refractivity contribution in [2.45, 2.75) is 20.5 Å². The number of hydrogen-bond acceptors (Lipinski definition) is 7. The van der Waals surface area contributed by atoms with E-state index in [0.717, 1.165) is 22.2 Å². The summed E-state index contributed by atoms with van der Waals surface area (Å²) in [5, 5.41) is 19.9. The molecule has 34 heavy (non-hydrogen) atoms. The first-order chi connectivity index (χ1) is 16.5. The van der Waals surface area contributed by atoms with Crippen LogP contribution in [0.15, 0.2) is 77.1 Å². The minimum Gasteiger partial charge on any atom is -0.507 e. The number of hydrogen-bond donors (Lipinski definition) is 1. The molecule has 0 bridgehead atoms. The molecule has 2 aromatic heterocycles. The fraction of sp³-hybridized carbons (Fsp3) is 0.154. The molecule has 8 nitrogen and oxygen atoms in total. The van der Waals surface area contributed by atoms with Gasteiger partial charge in [0.15, 0.2) is 5.65 Å². The lowest BCUT2D eigenvalue weighted by atomic mass is 10.1. The Morgan fingerprint density at radius 1 is 1.03 bits per heavy atom. The van der Waals surface area contributed by atoms with Gasteiger partial charge >= 0.3 is 0 Å². The van der Waals surface area contributed by atoms with Crippen molar-refractivity contribution in [3.63, 3.8) is 0 Å². The standard InChI is InChI=1S/C26H23N5O3/c1-16-7-6-8-18(13-16)15-33-26-21(14-20-17(2)29-31(3)25(20)28-26)24-27-22(11-12-34-30-24)19-9-4-5-10-23(19)32/h4-14,32H,15H2,1-3H3. The largest absolute Gasteiger partial charge is 0.507 e. The number of aryl methyl sites for hydroxylation is 3. The summed E-state index contributed by atoms with van der Waals surface area (Å²) in [7, 11) is 1.84. The first-order valence-electron chi connectivity index (χ1n) is 10.8. The summed E-state index contributed by atoms with van der Waals surface area (Å²) in [5.41, 5.74) is 5.32. The maximum atomic E-state index is 10.3. The van der Waals surface area contributed by atoms with E-state index in [1.807, 2.05) is 51.2 Å². The Balaban J connectivity index is 1.61. The first-order valence-corrected chi connectivity index (χ1v) is 10.8. The highest BCUT2D eigenvalue weighted by Crippen LogP contribution is 2.28. The SMILES string of the molecule is Cc1cccc(COc2nc3c(cc2C2=NOC=CC(c4ccccc4O)=N2)c(C)nn3C)c1. The molecule has 0 spiro atoms. The number of rotatable bonds is 5. The zero-order valence-corrected chi connectivity index (χ0v) is 19.1. The lowest BCUT2D eigenvalue weighted by molar-refractivity contribution is 0.268. The van der Waals surface area contributed by atoms with Crippen LogP contribution in [0.5, 0.6) is 11.6 Å². The Bertz CT molecular complexity index is 1480. The molecule has 0 amide bonds. The number of benzene rings is 2. The molecule has 1 N–H and O–H groups in total. The number of phenols is 1. The molecule has 4 aromatic rings. The van der Waals surface area contributed by atoms with Gasteiger partial charge in [-0.3, -0.25) is 4.68 Å². The first kappa shape index (κ1) is 21.4. The molecular weight excluding hydrogens is 430 g/mol. The van der Waals surface area contributed by atoms with Gasteiger partial charge in [-0.25, -0.2) is 4.99 Å². The average Bonchev–Trinajstić information content (AvgIpc) is 2.98. The molecule has 5 rings (SSSR count). The minimum absolute atomic E-state index is 0.111. The van der Waals surface area contributed by atoms with Gasteiger partial charge in [0.25, 0.3) is 0 Å². The molecule has 0 aliphatic carbocycles. The zero-order chi connectivity index (χ0) is 23.7. The van der Waals surface area contributed by atoms with Crippen LogP contribution in [0.25, 0.3) is 11.0 Å². The van der Waals surface area contributed by atoms with E-state index < -0.39 is 0 Å². The summed E-state index contributed by atoms with van der Waals surface area (Å²) < 4.78 is 7.90. The van der Waals surface area contributed by atoms with E-state index in [-0.39, 0.29) is 11.6 Å². The molecule has 0 fully saturated rings. The van der Waals surface area contributed by atoms with E-state index in [2.05, 4.69) is 16.3 Å². The van der Waals surface area contributed by atoms with Gasteiger partial charge in [0.2, 0.25) is 11.7 Å². The van der Waals surface area contributed by atoms with Gasteiger partial charge in [0.05, 0.1) is 17.0 Å². The number of aromatic hydroxyl groups is 1. The number of fused-ring (bicyclic) bond motifs is 1. The second-order valence-corrected chi connectivity index (χ2v) is 8.04. The molecule has 170 valence electrons. The summed E-state index contributed by atoms with van der Waals surface area (Å²) in [5.74, 6) is 0.751. The Labute approximate surface area is 196 Å². The fourth-order valence-electron chi connectivity index (χ4n) is 3.85. The van der Waals surface area contributed by atoms with Gasteiger partial charge in [0.1, 0.15) is 18.6 Å². The normalized spacial score (nSPS) is 13.3. The van der Waals surface area contributed by atoms with Crippen LogP contribution < -0.4 is 4.74 Å². The predicted molar refractivity (Wildman–Crippen MR) is 130 cm³/mol. The van der Waals surface area contributed by atoms with Crippen molar-refractivity contribution in [1.82, 2.24) is 14.8 Å². The lowest BCUT2D eigenvalue weighted by Gasteiger charge is -2.12. The monoisotopic (exact) mass is 453 g/mol. The summed E-state index contributed by atoms with van der Waals surface area (Å²) in [4.78, 5) is 14.8. The molecule has 1 aliphatic heterocycles. The van der Waals surface area contributed by atoms with E-state index >= 15 is 0 Å². The van der Waals surface area contributed by atoms with Crippen LogP contribution in [0.2, 0.25) is 0 Å². The summed E-state index contributed by atoms with van der Waals surface area (Å²) in [6.07, 6.45) is 3.08. The van der Waals surface area contributed by atoms with Crippen LogP contribution in [0.1, 0.15) is 27.9 Å². The number of ether oxygens (including phenoxy) is 1. The van der Waals surface area contributed by atoms with Crippen molar-refractivity contribution in [3.05, 3.63) is 94.9 Å². The van der Waals surface area contributed by atoms with E-state index in [1.165, 1.54) is 6.26 Å². The quantitative estimate of drug-likeness (QED) is 0.478.